The van der Waals surface area contributed by atoms with Gasteiger partial charge in [0.1, 0.15) is 16.7 Å². The van der Waals surface area contributed by atoms with E-state index in [1.54, 1.807) is 0 Å². The number of hydrogen-bond donors (Lipinski definition) is 2. The van der Waals surface area contributed by atoms with Gasteiger partial charge in [0.15, 0.2) is 0 Å². The molecular weight excluding hydrogens is 466 g/mol. The number of carbonyl (C=O) groups is 1. The van der Waals surface area contributed by atoms with Gasteiger partial charge < -0.3 is 20.3 Å². The van der Waals surface area contributed by atoms with Crippen LogP contribution in [0.15, 0.2) is 54.6 Å². The zero-order valence-corrected chi connectivity index (χ0v) is 21.1. The molecule has 3 aromatic rings. The van der Waals surface area contributed by atoms with Crippen molar-refractivity contribution in [2.75, 3.05) is 19.4 Å². The third-order valence-electron chi connectivity index (χ3n) is 7.05. The standard InChI is InChI=1S/C27H30ClN3O2S/c1-29-24-15-25(18-6-8-19(28)9-7-18)34-26(24)27(32)30-16-17-4-3-5-22(12-17)33-23-13-20-10-11-21(14-23)31(20)2/h3-9,12,15,20-21,23,29H,10-11,13-14,16H2,1-2H3,(H,30,32)/t20-,21+,23?. The summed E-state index contributed by atoms with van der Waals surface area (Å²) in [5.41, 5.74) is 2.89. The highest BCUT2D eigenvalue weighted by Crippen LogP contribution is 2.37. The molecule has 0 radical (unpaired) electrons. The van der Waals surface area contributed by atoms with Gasteiger partial charge in [-0.25, -0.2) is 0 Å². The molecule has 3 heterocycles. The molecule has 1 unspecified atom stereocenters. The summed E-state index contributed by atoms with van der Waals surface area (Å²) in [6, 6.07) is 19.1. The van der Waals surface area contributed by atoms with Crippen LogP contribution < -0.4 is 15.4 Å². The summed E-state index contributed by atoms with van der Waals surface area (Å²) in [6.45, 7) is 0.450. The third kappa shape index (κ3) is 4.95. The van der Waals surface area contributed by atoms with Crippen LogP contribution in [0.5, 0.6) is 5.75 Å². The average Bonchev–Trinajstić information content (AvgIpc) is 3.35. The summed E-state index contributed by atoms with van der Waals surface area (Å²) in [4.78, 5) is 17.2. The Balaban J connectivity index is 1.22. The fourth-order valence-electron chi connectivity index (χ4n) is 5.14. The van der Waals surface area contributed by atoms with Crippen molar-refractivity contribution in [2.45, 2.75) is 50.4 Å². The molecular formula is C27H30ClN3O2S. The quantitative estimate of drug-likeness (QED) is 0.419. The topological polar surface area (TPSA) is 53.6 Å². The van der Waals surface area contributed by atoms with Crippen molar-refractivity contribution in [3.05, 3.63) is 70.1 Å². The van der Waals surface area contributed by atoms with Gasteiger partial charge in [0.25, 0.3) is 5.91 Å². The molecule has 2 aliphatic heterocycles. The maximum atomic E-state index is 13.0. The second kappa shape index (κ2) is 9.98. The minimum Gasteiger partial charge on any atom is -0.490 e. The van der Waals surface area contributed by atoms with Crippen LogP contribution in [-0.2, 0) is 6.54 Å². The Bertz CT molecular complexity index is 1150. The second-order valence-electron chi connectivity index (χ2n) is 9.20. The van der Waals surface area contributed by atoms with Crippen molar-refractivity contribution in [3.63, 3.8) is 0 Å². The predicted molar refractivity (Wildman–Crippen MR) is 140 cm³/mol. The van der Waals surface area contributed by atoms with E-state index in [9.17, 15) is 4.79 Å². The zero-order valence-electron chi connectivity index (χ0n) is 19.5. The molecule has 178 valence electrons. The number of thiophene rings is 1. The highest BCUT2D eigenvalue weighted by Gasteiger charge is 2.39. The van der Waals surface area contributed by atoms with Gasteiger partial charge in [0.2, 0.25) is 0 Å². The van der Waals surface area contributed by atoms with Crippen molar-refractivity contribution < 1.29 is 9.53 Å². The number of carbonyl (C=O) groups excluding carboxylic acids is 1. The maximum absolute atomic E-state index is 13.0. The lowest BCUT2D eigenvalue weighted by Gasteiger charge is -2.36. The molecule has 2 aromatic carbocycles. The Kier molecular flexibility index (Phi) is 6.82. The summed E-state index contributed by atoms with van der Waals surface area (Å²) < 4.78 is 6.36. The highest BCUT2D eigenvalue weighted by atomic mass is 35.5. The minimum atomic E-state index is -0.0900. The van der Waals surface area contributed by atoms with Crippen LogP contribution in [0.1, 0.15) is 40.9 Å². The summed E-state index contributed by atoms with van der Waals surface area (Å²) in [7, 11) is 4.08. The van der Waals surface area contributed by atoms with E-state index in [4.69, 9.17) is 16.3 Å². The van der Waals surface area contributed by atoms with Gasteiger partial charge in [-0.1, -0.05) is 35.9 Å². The summed E-state index contributed by atoms with van der Waals surface area (Å²) >= 11 is 7.49. The van der Waals surface area contributed by atoms with E-state index < -0.39 is 0 Å². The lowest BCUT2D eigenvalue weighted by atomic mass is 10.0. The van der Waals surface area contributed by atoms with E-state index in [1.807, 2.05) is 61.6 Å². The smallest absolute Gasteiger partial charge is 0.263 e. The molecule has 0 saturated carbocycles. The van der Waals surface area contributed by atoms with Crippen LogP contribution in [0.2, 0.25) is 5.02 Å². The minimum absolute atomic E-state index is 0.0900. The molecule has 0 aliphatic carbocycles. The molecule has 1 aromatic heterocycles. The lowest BCUT2D eigenvalue weighted by Crippen LogP contribution is -2.43. The monoisotopic (exact) mass is 495 g/mol. The molecule has 7 heteroatoms. The number of rotatable bonds is 7. The van der Waals surface area contributed by atoms with Crippen LogP contribution in [0.3, 0.4) is 0 Å². The summed E-state index contributed by atoms with van der Waals surface area (Å²) in [5.74, 6) is 0.797. The first-order chi connectivity index (χ1) is 16.5. The average molecular weight is 496 g/mol. The number of anilines is 1. The van der Waals surface area contributed by atoms with E-state index in [1.165, 1.54) is 24.2 Å². The van der Waals surface area contributed by atoms with E-state index in [2.05, 4.69) is 22.6 Å². The number of piperidine rings is 1. The van der Waals surface area contributed by atoms with Crippen molar-refractivity contribution in [2.24, 2.45) is 0 Å². The molecule has 2 saturated heterocycles. The number of ether oxygens (including phenoxy) is 1. The lowest BCUT2D eigenvalue weighted by molar-refractivity contribution is 0.0661. The van der Waals surface area contributed by atoms with E-state index >= 15 is 0 Å². The van der Waals surface area contributed by atoms with Crippen molar-refractivity contribution in [3.8, 4) is 16.2 Å². The number of nitrogens with zero attached hydrogens (tertiary/aromatic N) is 1. The number of hydrogen-bond acceptors (Lipinski definition) is 5. The number of nitrogens with one attached hydrogen (secondary N) is 2. The molecule has 0 spiro atoms. The maximum Gasteiger partial charge on any atom is 0.263 e. The van der Waals surface area contributed by atoms with Gasteiger partial charge in [-0.05, 0) is 74.2 Å². The Morgan fingerprint density at radius 1 is 1.12 bits per heavy atom. The zero-order chi connectivity index (χ0) is 23.7. The second-order valence-corrected chi connectivity index (χ2v) is 10.7. The molecule has 2 N–H and O–H groups in total. The molecule has 2 fully saturated rings. The van der Waals surface area contributed by atoms with Gasteiger partial charge in [-0.2, -0.15) is 0 Å². The highest BCUT2D eigenvalue weighted by molar-refractivity contribution is 7.18. The number of benzene rings is 2. The molecule has 34 heavy (non-hydrogen) atoms. The first-order valence-corrected chi connectivity index (χ1v) is 13.0. The normalized spacial score (nSPS) is 21.9. The van der Waals surface area contributed by atoms with Crippen molar-refractivity contribution in [1.82, 2.24) is 10.2 Å². The number of fused-ring (bicyclic) bond motifs is 2. The van der Waals surface area contributed by atoms with E-state index in [0.717, 1.165) is 40.3 Å². The third-order valence-corrected chi connectivity index (χ3v) is 8.48. The van der Waals surface area contributed by atoms with Crippen molar-refractivity contribution in [1.29, 1.82) is 0 Å². The number of amides is 1. The number of halogens is 1. The van der Waals surface area contributed by atoms with Gasteiger partial charge in [-0.3, -0.25) is 4.79 Å². The first-order valence-electron chi connectivity index (χ1n) is 11.8. The molecule has 1 amide bonds. The Morgan fingerprint density at radius 3 is 2.56 bits per heavy atom. The summed E-state index contributed by atoms with van der Waals surface area (Å²) in [5, 5.41) is 6.91. The van der Waals surface area contributed by atoms with Crippen molar-refractivity contribution >= 4 is 34.5 Å². The van der Waals surface area contributed by atoms with Gasteiger partial charge in [-0.15, -0.1) is 11.3 Å². The molecule has 5 nitrogen and oxygen atoms in total. The Morgan fingerprint density at radius 2 is 1.85 bits per heavy atom. The largest absolute Gasteiger partial charge is 0.490 e. The molecule has 2 aliphatic rings. The van der Waals surface area contributed by atoms with Crippen LogP contribution >= 0.6 is 22.9 Å². The Hall–Kier alpha value is -2.54. The van der Waals surface area contributed by atoms with Gasteiger partial charge >= 0.3 is 0 Å². The Labute approximate surface area is 210 Å². The fourth-order valence-corrected chi connectivity index (χ4v) is 6.36. The van der Waals surface area contributed by atoms with Crippen LogP contribution in [-0.4, -0.2) is 43.1 Å². The van der Waals surface area contributed by atoms with Crippen LogP contribution in [0, 0.1) is 0 Å². The van der Waals surface area contributed by atoms with E-state index in [-0.39, 0.29) is 12.0 Å². The molecule has 5 rings (SSSR count). The van der Waals surface area contributed by atoms with Crippen LogP contribution in [0.4, 0.5) is 5.69 Å². The van der Waals surface area contributed by atoms with Gasteiger partial charge in [0.05, 0.1) is 5.69 Å². The predicted octanol–water partition coefficient (Wildman–Crippen LogP) is 6.04. The molecule has 2 bridgehead atoms. The van der Waals surface area contributed by atoms with Gasteiger partial charge in [0, 0.05) is 35.6 Å². The van der Waals surface area contributed by atoms with Crippen LogP contribution in [0.25, 0.3) is 10.4 Å². The SMILES string of the molecule is CNc1cc(-c2ccc(Cl)cc2)sc1C(=O)NCc1cccc(OC2C[C@H]3CC[C@@H](C2)N3C)c1. The first kappa shape index (κ1) is 23.2. The summed E-state index contributed by atoms with van der Waals surface area (Å²) in [6.07, 6.45) is 5.02. The van der Waals surface area contributed by atoms with E-state index in [0.29, 0.717) is 28.5 Å². The molecule has 3 atom stereocenters. The fraction of sp³-hybridized carbons (Fsp3) is 0.370.